The number of hydrogen-bond acceptors (Lipinski definition) is 3. The molecule has 1 unspecified atom stereocenters. The largest absolute Gasteiger partial charge is 0.299 e. The summed E-state index contributed by atoms with van der Waals surface area (Å²) in [6, 6.07) is 4.10. The van der Waals surface area contributed by atoms with E-state index in [0.29, 0.717) is 5.78 Å². The van der Waals surface area contributed by atoms with Crippen LogP contribution >= 0.6 is 0 Å². The molecule has 110 valence electrons. The number of nitrogens with zero attached hydrogens (tertiary/aromatic N) is 2. The van der Waals surface area contributed by atoms with Crippen LogP contribution in [0.1, 0.15) is 45.6 Å². The van der Waals surface area contributed by atoms with Crippen LogP contribution in [-0.2, 0) is 11.3 Å². The lowest BCUT2D eigenvalue weighted by Gasteiger charge is -2.36. The van der Waals surface area contributed by atoms with Crippen LogP contribution in [0.5, 0.6) is 0 Å². The third kappa shape index (κ3) is 3.66. The molecule has 0 saturated heterocycles. The number of ketones is 1. The van der Waals surface area contributed by atoms with Crippen molar-refractivity contribution in [2.24, 2.45) is 11.3 Å². The van der Waals surface area contributed by atoms with Gasteiger partial charge in [0.1, 0.15) is 5.78 Å². The van der Waals surface area contributed by atoms with Crippen molar-refractivity contribution in [3.8, 4) is 0 Å². The minimum atomic E-state index is -0.126. The van der Waals surface area contributed by atoms with E-state index in [9.17, 15) is 4.79 Å². The Morgan fingerprint density at radius 2 is 2.05 bits per heavy atom. The summed E-state index contributed by atoms with van der Waals surface area (Å²) in [6.45, 7) is 9.14. The van der Waals surface area contributed by atoms with Gasteiger partial charge in [-0.25, -0.2) is 0 Å². The average Bonchev–Trinajstić information content (AvgIpc) is 2.44. The van der Waals surface area contributed by atoms with Crippen LogP contribution in [0.15, 0.2) is 24.5 Å². The van der Waals surface area contributed by atoms with Gasteiger partial charge in [0.2, 0.25) is 0 Å². The van der Waals surface area contributed by atoms with Crippen molar-refractivity contribution >= 4 is 5.78 Å². The van der Waals surface area contributed by atoms with Crippen molar-refractivity contribution in [2.45, 2.75) is 46.6 Å². The number of aromatic nitrogens is 1. The van der Waals surface area contributed by atoms with E-state index in [2.05, 4.69) is 42.8 Å². The molecule has 3 nitrogen and oxygen atoms in total. The molecule has 1 aliphatic rings. The van der Waals surface area contributed by atoms with E-state index >= 15 is 0 Å². The Hall–Kier alpha value is -1.22. The number of carbonyl (C=O) groups is 1. The van der Waals surface area contributed by atoms with E-state index in [1.807, 2.05) is 12.4 Å². The predicted octanol–water partition coefficient (Wildman–Crippen LogP) is 3.30. The zero-order valence-corrected chi connectivity index (χ0v) is 12.9. The molecule has 3 heteroatoms. The lowest BCUT2D eigenvalue weighted by molar-refractivity contribution is -0.135. The molecule has 0 bridgehead atoms. The van der Waals surface area contributed by atoms with Gasteiger partial charge >= 0.3 is 0 Å². The van der Waals surface area contributed by atoms with Gasteiger partial charge in [-0.15, -0.1) is 0 Å². The molecule has 2 rings (SSSR count). The maximum absolute atomic E-state index is 12.5. The molecular weight excluding hydrogens is 248 g/mol. The number of rotatable bonds is 5. The van der Waals surface area contributed by atoms with Crippen LogP contribution in [0.3, 0.4) is 0 Å². The van der Waals surface area contributed by atoms with Gasteiger partial charge in [-0.05, 0) is 37.1 Å². The lowest BCUT2D eigenvalue weighted by Crippen LogP contribution is -2.41. The van der Waals surface area contributed by atoms with Crippen molar-refractivity contribution in [3.63, 3.8) is 0 Å². The maximum Gasteiger partial charge on any atom is 0.142 e. The van der Waals surface area contributed by atoms with E-state index < -0.39 is 0 Å². The summed E-state index contributed by atoms with van der Waals surface area (Å²) in [6.07, 6.45) is 6.93. The molecule has 0 aliphatic heterocycles. The Balaban J connectivity index is 1.98. The molecule has 0 aromatic carbocycles. The van der Waals surface area contributed by atoms with Crippen LogP contribution < -0.4 is 0 Å². The molecule has 0 amide bonds. The van der Waals surface area contributed by atoms with Crippen molar-refractivity contribution < 1.29 is 4.79 Å². The van der Waals surface area contributed by atoms with Crippen molar-refractivity contribution in [1.29, 1.82) is 0 Å². The fourth-order valence-corrected chi connectivity index (χ4v) is 3.14. The minimum Gasteiger partial charge on any atom is -0.299 e. The molecule has 1 fully saturated rings. The molecule has 0 spiro atoms. The first-order valence-corrected chi connectivity index (χ1v) is 7.68. The standard InChI is InChI=1S/C17H26N2O/c1-4-19(12-14-7-10-18-11-8-14)13-15-6-5-9-17(2,3)16(15)20/h7-8,10-11,15H,4-6,9,12-13H2,1-3H3. The SMILES string of the molecule is CCN(Cc1ccncc1)CC1CCCC(C)(C)C1=O. The second kappa shape index (κ2) is 6.49. The highest BCUT2D eigenvalue weighted by atomic mass is 16.1. The smallest absolute Gasteiger partial charge is 0.142 e. The Morgan fingerprint density at radius 3 is 2.70 bits per heavy atom. The fraction of sp³-hybridized carbons (Fsp3) is 0.647. The topological polar surface area (TPSA) is 33.2 Å². The van der Waals surface area contributed by atoms with E-state index in [-0.39, 0.29) is 11.3 Å². The highest BCUT2D eigenvalue weighted by Gasteiger charge is 2.37. The second-order valence-electron chi connectivity index (χ2n) is 6.52. The quantitative estimate of drug-likeness (QED) is 0.826. The third-order valence-corrected chi connectivity index (χ3v) is 4.47. The summed E-state index contributed by atoms with van der Waals surface area (Å²) in [4.78, 5) is 18.9. The molecule has 1 aromatic heterocycles. The van der Waals surface area contributed by atoms with E-state index in [0.717, 1.165) is 32.5 Å². The summed E-state index contributed by atoms with van der Waals surface area (Å²) in [7, 11) is 0. The van der Waals surface area contributed by atoms with Gasteiger partial charge < -0.3 is 0 Å². The van der Waals surface area contributed by atoms with Crippen LogP contribution in [-0.4, -0.2) is 28.8 Å². The maximum atomic E-state index is 12.5. The van der Waals surface area contributed by atoms with Crippen LogP contribution in [0.25, 0.3) is 0 Å². The van der Waals surface area contributed by atoms with Crippen molar-refractivity contribution in [2.75, 3.05) is 13.1 Å². The summed E-state index contributed by atoms with van der Waals surface area (Å²) in [5.41, 5.74) is 1.14. The van der Waals surface area contributed by atoms with Gasteiger partial charge in [0.05, 0.1) is 0 Å². The van der Waals surface area contributed by atoms with Gasteiger partial charge in [-0.2, -0.15) is 0 Å². The van der Waals surface area contributed by atoms with Gasteiger partial charge in [0.15, 0.2) is 0 Å². The number of hydrogen-bond donors (Lipinski definition) is 0. The van der Waals surface area contributed by atoms with Gasteiger partial charge in [-0.3, -0.25) is 14.7 Å². The number of Topliss-reactive ketones (excluding diaryl/α,β-unsaturated/α-hetero) is 1. The van der Waals surface area contributed by atoms with E-state index in [4.69, 9.17) is 0 Å². The van der Waals surface area contributed by atoms with E-state index in [1.165, 1.54) is 12.0 Å². The Morgan fingerprint density at radius 1 is 1.35 bits per heavy atom. The summed E-state index contributed by atoms with van der Waals surface area (Å²) in [5, 5.41) is 0. The highest BCUT2D eigenvalue weighted by molar-refractivity contribution is 5.87. The van der Waals surface area contributed by atoms with Gasteiger partial charge in [-0.1, -0.05) is 27.2 Å². The number of pyridine rings is 1. The second-order valence-corrected chi connectivity index (χ2v) is 6.52. The van der Waals surface area contributed by atoms with Gasteiger partial charge in [0.25, 0.3) is 0 Å². The summed E-state index contributed by atoms with van der Waals surface area (Å²) in [5.74, 6) is 0.664. The fourth-order valence-electron chi connectivity index (χ4n) is 3.14. The predicted molar refractivity (Wildman–Crippen MR) is 81.3 cm³/mol. The first kappa shape index (κ1) is 15.2. The van der Waals surface area contributed by atoms with Crippen LogP contribution in [0.4, 0.5) is 0 Å². The third-order valence-electron chi connectivity index (χ3n) is 4.47. The molecule has 1 aromatic rings. The van der Waals surface area contributed by atoms with E-state index in [1.54, 1.807) is 0 Å². The molecule has 1 aliphatic carbocycles. The lowest BCUT2D eigenvalue weighted by atomic mass is 9.71. The molecule has 1 heterocycles. The van der Waals surface area contributed by atoms with Crippen molar-refractivity contribution in [1.82, 2.24) is 9.88 Å². The van der Waals surface area contributed by atoms with Crippen LogP contribution in [0.2, 0.25) is 0 Å². The molecule has 0 N–H and O–H groups in total. The molecular formula is C17H26N2O. The molecule has 20 heavy (non-hydrogen) atoms. The molecule has 0 radical (unpaired) electrons. The normalized spacial score (nSPS) is 22.2. The molecule has 1 atom stereocenters. The zero-order valence-electron chi connectivity index (χ0n) is 12.9. The average molecular weight is 274 g/mol. The number of carbonyl (C=O) groups excluding carboxylic acids is 1. The van der Waals surface area contributed by atoms with Crippen molar-refractivity contribution in [3.05, 3.63) is 30.1 Å². The first-order chi connectivity index (χ1) is 9.53. The van der Waals surface area contributed by atoms with Gasteiger partial charge in [0, 0.05) is 36.8 Å². The summed E-state index contributed by atoms with van der Waals surface area (Å²) < 4.78 is 0. The summed E-state index contributed by atoms with van der Waals surface area (Å²) >= 11 is 0. The zero-order chi connectivity index (χ0) is 14.6. The Labute approximate surface area is 122 Å². The Kier molecular flexibility index (Phi) is 4.92. The molecule has 1 saturated carbocycles. The minimum absolute atomic E-state index is 0.126. The first-order valence-electron chi connectivity index (χ1n) is 7.68. The van der Waals surface area contributed by atoms with Crippen LogP contribution in [0, 0.1) is 11.3 Å². The monoisotopic (exact) mass is 274 g/mol. The highest BCUT2D eigenvalue weighted by Crippen LogP contribution is 2.35. The Bertz CT molecular complexity index is 442.